The van der Waals surface area contributed by atoms with E-state index in [1.165, 1.54) is 0 Å². The maximum absolute atomic E-state index is 12.6. The van der Waals surface area contributed by atoms with Gasteiger partial charge in [-0.25, -0.2) is 4.98 Å². The fourth-order valence-electron chi connectivity index (χ4n) is 2.56. The lowest BCUT2D eigenvalue weighted by Crippen LogP contribution is -2.30. The molecule has 0 aliphatic heterocycles. The van der Waals surface area contributed by atoms with E-state index >= 15 is 0 Å². The highest BCUT2D eigenvalue weighted by atomic mass is 35.5. The van der Waals surface area contributed by atoms with Crippen LogP contribution in [0.5, 0.6) is 0 Å². The summed E-state index contributed by atoms with van der Waals surface area (Å²) in [5, 5.41) is 13.7. The van der Waals surface area contributed by atoms with E-state index < -0.39 is 6.10 Å². The van der Waals surface area contributed by atoms with Crippen LogP contribution in [0.1, 0.15) is 17.3 Å². The van der Waals surface area contributed by atoms with Crippen molar-refractivity contribution in [3.8, 4) is 11.3 Å². The molecular weight excluding hydrogens is 395 g/mol. The molecule has 4 nitrogen and oxygen atoms in total. The number of amides is 1. The second-order valence-electron chi connectivity index (χ2n) is 5.85. The summed E-state index contributed by atoms with van der Waals surface area (Å²) < 4.78 is 0. The molecule has 2 N–H and O–H groups in total. The van der Waals surface area contributed by atoms with Crippen LogP contribution in [0.25, 0.3) is 22.2 Å². The normalized spacial score (nSPS) is 12.2. The third-order valence-corrected chi connectivity index (χ3v) is 5.12. The Morgan fingerprint density at radius 1 is 1.15 bits per heavy atom. The molecular formula is C19H15Cl3N2O2. The Labute approximate surface area is 165 Å². The number of para-hydroxylation sites is 1. The van der Waals surface area contributed by atoms with Crippen LogP contribution in [0.15, 0.2) is 42.5 Å². The molecule has 134 valence electrons. The van der Waals surface area contributed by atoms with Crippen LogP contribution in [0.4, 0.5) is 0 Å². The van der Waals surface area contributed by atoms with Gasteiger partial charge in [-0.05, 0) is 31.2 Å². The van der Waals surface area contributed by atoms with Gasteiger partial charge in [-0.15, -0.1) is 0 Å². The van der Waals surface area contributed by atoms with Gasteiger partial charge in [-0.3, -0.25) is 4.79 Å². The summed E-state index contributed by atoms with van der Waals surface area (Å²) in [6, 6.07) is 12.3. The fraction of sp³-hybridized carbons (Fsp3) is 0.158. The Bertz CT molecular complexity index is 990. The maximum Gasteiger partial charge on any atom is 0.252 e. The molecule has 1 amide bonds. The molecule has 0 fully saturated rings. The van der Waals surface area contributed by atoms with Crippen molar-refractivity contribution in [1.82, 2.24) is 10.3 Å². The Hall–Kier alpha value is -1.85. The summed E-state index contributed by atoms with van der Waals surface area (Å²) in [7, 11) is 0. The van der Waals surface area contributed by atoms with E-state index in [9.17, 15) is 9.90 Å². The highest BCUT2D eigenvalue weighted by Crippen LogP contribution is 2.38. The van der Waals surface area contributed by atoms with Crippen molar-refractivity contribution in [1.29, 1.82) is 0 Å². The highest BCUT2D eigenvalue weighted by molar-refractivity contribution is 6.49. The number of hydrogen-bond donors (Lipinski definition) is 2. The number of benzene rings is 2. The third-order valence-electron chi connectivity index (χ3n) is 3.83. The molecule has 0 bridgehead atoms. The van der Waals surface area contributed by atoms with Crippen molar-refractivity contribution in [3.05, 3.63) is 63.1 Å². The molecule has 0 unspecified atom stereocenters. The highest BCUT2D eigenvalue weighted by Gasteiger charge is 2.17. The summed E-state index contributed by atoms with van der Waals surface area (Å²) in [6.45, 7) is 1.75. The lowest BCUT2D eigenvalue weighted by atomic mass is 10.0. The third kappa shape index (κ3) is 3.79. The van der Waals surface area contributed by atoms with Crippen molar-refractivity contribution in [3.63, 3.8) is 0 Å². The molecule has 26 heavy (non-hydrogen) atoms. The number of carbonyl (C=O) groups is 1. The van der Waals surface area contributed by atoms with Gasteiger partial charge in [0, 0.05) is 17.5 Å². The van der Waals surface area contributed by atoms with Gasteiger partial charge < -0.3 is 10.4 Å². The smallest absolute Gasteiger partial charge is 0.252 e. The second-order valence-corrected chi connectivity index (χ2v) is 7.02. The zero-order valence-corrected chi connectivity index (χ0v) is 16.0. The first-order valence-corrected chi connectivity index (χ1v) is 9.01. The van der Waals surface area contributed by atoms with E-state index in [0.717, 1.165) is 0 Å². The number of pyridine rings is 1. The number of nitrogens with zero attached hydrogens (tertiary/aromatic N) is 1. The van der Waals surface area contributed by atoms with Crippen LogP contribution in [-0.2, 0) is 0 Å². The van der Waals surface area contributed by atoms with Crippen LogP contribution in [0.2, 0.25) is 15.1 Å². The molecule has 3 aromatic rings. The molecule has 7 heteroatoms. The average molecular weight is 410 g/mol. The van der Waals surface area contributed by atoms with E-state index in [1.54, 1.807) is 25.1 Å². The van der Waals surface area contributed by atoms with E-state index in [0.29, 0.717) is 32.7 Å². The lowest BCUT2D eigenvalue weighted by molar-refractivity contribution is 0.0925. The average Bonchev–Trinajstić information content (AvgIpc) is 2.63. The summed E-state index contributed by atoms with van der Waals surface area (Å²) in [6.07, 6.45) is -0.643. The first-order chi connectivity index (χ1) is 12.4. The monoisotopic (exact) mass is 408 g/mol. The summed E-state index contributed by atoms with van der Waals surface area (Å²) in [5.41, 5.74) is 2.17. The van der Waals surface area contributed by atoms with Gasteiger partial charge >= 0.3 is 0 Å². The number of fused-ring (bicyclic) bond motifs is 1. The van der Waals surface area contributed by atoms with E-state index in [4.69, 9.17) is 34.8 Å². The van der Waals surface area contributed by atoms with Crippen LogP contribution < -0.4 is 5.32 Å². The van der Waals surface area contributed by atoms with Crippen molar-refractivity contribution in [2.24, 2.45) is 0 Å². The molecule has 0 saturated heterocycles. The molecule has 0 spiro atoms. The summed E-state index contributed by atoms with van der Waals surface area (Å²) >= 11 is 18.5. The van der Waals surface area contributed by atoms with Crippen LogP contribution in [-0.4, -0.2) is 28.6 Å². The minimum Gasteiger partial charge on any atom is -0.392 e. The standard InChI is InChI=1S/C19H15Cl3N2O2/c1-10(25)9-23-19(26)13-8-16(24-15-5-3-2-4-11(13)15)12-6-7-14(20)18(22)17(12)21/h2-8,10,25H,9H2,1H3,(H,23,26)/t10-/m1/s1. The largest absolute Gasteiger partial charge is 0.392 e. The number of halogens is 3. The minimum absolute atomic E-state index is 0.151. The van der Waals surface area contributed by atoms with Gasteiger partial charge in [0.05, 0.1) is 37.9 Å². The van der Waals surface area contributed by atoms with Gasteiger partial charge in [0.2, 0.25) is 0 Å². The summed E-state index contributed by atoms with van der Waals surface area (Å²) in [5.74, 6) is -0.304. The van der Waals surface area contributed by atoms with E-state index in [1.807, 2.05) is 24.3 Å². The molecule has 0 saturated carbocycles. The van der Waals surface area contributed by atoms with E-state index in [2.05, 4.69) is 10.3 Å². The molecule has 0 aliphatic rings. The second kappa shape index (κ2) is 7.80. The number of aliphatic hydroxyl groups is 1. The predicted molar refractivity (Wildman–Crippen MR) is 106 cm³/mol. The number of aromatic nitrogens is 1. The van der Waals surface area contributed by atoms with Crippen molar-refractivity contribution >= 4 is 51.6 Å². The molecule has 1 atom stereocenters. The number of rotatable bonds is 4. The van der Waals surface area contributed by atoms with Crippen LogP contribution >= 0.6 is 34.8 Å². The van der Waals surface area contributed by atoms with Crippen molar-refractivity contribution in [2.45, 2.75) is 13.0 Å². The first kappa shape index (κ1) is 18.9. The SMILES string of the molecule is C[C@@H](O)CNC(=O)c1cc(-c2ccc(Cl)c(Cl)c2Cl)nc2ccccc12. The quantitative estimate of drug-likeness (QED) is 0.598. The summed E-state index contributed by atoms with van der Waals surface area (Å²) in [4.78, 5) is 17.2. The van der Waals surface area contributed by atoms with Gasteiger partial charge in [0.1, 0.15) is 0 Å². The molecule has 0 radical (unpaired) electrons. The number of hydrogen-bond acceptors (Lipinski definition) is 3. The molecule has 0 aliphatic carbocycles. The van der Waals surface area contributed by atoms with Gasteiger partial charge in [0.15, 0.2) is 0 Å². The minimum atomic E-state index is -0.643. The zero-order valence-electron chi connectivity index (χ0n) is 13.8. The Kier molecular flexibility index (Phi) is 5.68. The lowest BCUT2D eigenvalue weighted by Gasteiger charge is -2.13. The Morgan fingerprint density at radius 3 is 2.62 bits per heavy atom. The van der Waals surface area contributed by atoms with Crippen molar-refractivity contribution in [2.75, 3.05) is 6.54 Å². The number of aliphatic hydroxyl groups excluding tert-OH is 1. The first-order valence-electron chi connectivity index (χ1n) is 7.88. The molecule has 1 heterocycles. The Balaban J connectivity index is 2.17. The molecule has 2 aromatic carbocycles. The van der Waals surface area contributed by atoms with Gasteiger partial charge in [-0.1, -0.05) is 53.0 Å². The topological polar surface area (TPSA) is 62.2 Å². The van der Waals surface area contributed by atoms with Gasteiger partial charge in [0.25, 0.3) is 5.91 Å². The van der Waals surface area contributed by atoms with Gasteiger partial charge in [-0.2, -0.15) is 0 Å². The number of nitrogens with one attached hydrogen (secondary N) is 1. The maximum atomic E-state index is 12.6. The molecule has 1 aromatic heterocycles. The number of carbonyl (C=O) groups excluding carboxylic acids is 1. The van der Waals surface area contributed by atoms with E-state index in [-0.39, 0.29) is 22.5 Å². The Morgan fingerprint density at radius 2 is 1.88 bits per heavy atom. The van der Waals surface area contributed by atoms with Crippen LogP contribution in [0, 0.1) is 0 Å². The fourth-order valence-corrected chi connectivity index (χ4v) is 3.19. The van der Waals surface area contributed by atoms with Crippen LogP contribution in [0.3, 0.4) is 0 Å². The zero-order chi connectivity index (χ0) is 18.8. The predicted octanol–water partition coefficient (Wildman–Crippen LogP) is 4.97. The molecule has 3 rings (SSSR count). The van der Waals surface area contributed by atoms with Crippen molar-refractivity contribution < 1.29 is 9.90 Å².